The maximum atomic E-state index is 5.71. The highest BCUT2D eigenvalue weighted by Gasteiger charge is 2.20. The van der Waals surface area contributed by atoms with Crippen LogP contribution in [0.3, 0.4) is 0 Å². The van der Waals surface area contributed by atoms with Gasteiger partial charge in [0, 0.05) is 11.1 Å². The van der Waals surface area contributed by atoms with E-state index in [1.807, 2.05) is 72.2 Å². The molecule has 3 heterocycles. The van der Waals surface area contributed by atoms with Crippen molar-refractivity contribution in [3.63, 3.8) is 0 Å². The van der Waals surface area contributed by atoms with E-state index in [9.17, 15) is 0 Å². The van der Waals surface area contributed by atoms with E-state index < -0.39 is 0 Å². The first-order valence-electron chi connectivity index (χ1n) is 10.5. The summed E-state index contributed by atoms with van der Waals surface area (Å²) >= 11 is 3.15. The zero-order chi connectivity index (χ0) is 23.5. The van der Waals surface area contributed by atoms with Gasteiger partial charge in [-0.15, -0.1) is 21.5 Å². The summed E-state index contributed by atoms with van der Waals surface area (Å²) < 4.78 is 18.7. The third-order valence-electron chi connectivity index (χ3n) is 5.16. The van der Waals surface area contributed by atoms with E-state index in [0.717, 1.165) is 50.1 Å². The number of furan rings is 1. The van der Waals surface area contributed by atoms with Crippen LogP contribution in [0.1, 0.15) is 11.5 Å². The maximum absolute atomic E-state index is 5.71. The van der Waals surface area contributed by atoms with Crippen LogP contribution in [0.2, 0.25) is 0 Å². The molecule has 0 radical (unpaired) electrons. The van der Waals surface area contributed by atoms with Crippen LogP contribution in [-0.2, 0) is 5.75 Å². The SMILES string of the molecule is COc1ccc(-n2c(SCc3csc(-c4ccc(C)o4)n3)nnc2-c2ccccc2OC)cc1. The molecular formula is C25H22N4O3S2. The van der Waals surface area contributed by atoms with E-state index in [1.54, 1.807) is 37.3 Å². The topological polar surface area (TPSA) is 75.2 Å². The average Bonchev–Trinajstić information content (AvgIpc) is 3.62. The molecule has 0 atom stereocenters. The largest absolute Gasteiger partial charge is 0.497 e. The van der Waals surface area contributed by atoms with Crippen molar-refractivity contribution in [3.05, 3.63) is 77.5 Å². The fourth-order valence-corrected chi connectivity index (χ4v) is 5.24. The maximum Gasteiger partial charge on any atom is 0.196 e. The Kier molecular flexibility index (Phi) is 6.37. The molecule has 0 aliphatic carbocycles. The number of benzene rings is 2. The molecule has 0 N–H and O–H groups in total. The minimum atomic E-state index is 0.649. The van der Waals surface area contributed by atoms with Crippen molar-refractivity contribution in [2.45, 2.75) is 17.8 Å². The van der Waals surface area contributed by atoms with Crippen molar-refractivity contribution in [3.8, 4) is 39.3 Å². The smallest absolute Gasteiger partial charge is 0.196 e. The summed E-state index contributed by atoms with van der Waals surface area (Å²) in [5, 5.41) is 12.7. The van der Waals surface area contributed by atoms with Crippen LogP contribution in [0, 0.1) is 6.92 Å². The van der Waals surface area contributed by atoms with Crippen LogP contribution in [0.5, 0.6) is 11.5 Å². The van der Waals surface area contributed by atoms with Gasteiger partial charge in [-0.3, -0.25) is 4.57 Å². The molecule has 7 nitrogen and oxygen atoms in total. The Balaban J connectivity index is 1.48. The molecule has 0 unspecified atom stereocenters. The minimum absolute atomic E-state index is 0.649. The number of nitrogens with zero attached hydrogens (tertiary/aromatic N) is 4. The Morgan fingerprint density at radius 3 is 2.53 bits per heavy atom. The molecule has 0 saturated heterocycles. The molecule has 0 aliphatic rings. The average molecular weight is 491 g/mol. The number of hydrogen-bond donors (Lipinski definition) is 0. The second-order valence-corrected chi connectivity index (χ2v) is 9.18. The van der Waals surface area contributed by atoms with Crippen LogP contribution in [0.15, 0.2) is 75.6 Å². The number of thiazole rings is 1. The lowest BCUT2D eigenvalue weighted by molar-refractivity contribution is 0.414. The molecule has 172 valence electrons. The van der Waals surface area contributed by atoms with E-state index in [0.29, 0.717) is 11.6 Å². The highest BCUT2D eigenvalue weighted by atomic mass is 32.2. The summed E-state index contributed by atoms with van der Waals surface area (Å²) in [4.78, 5) is 4.74. The van der Waals surface area contributed by atoms with Gasteiger partial charge in [0.25, 0.3) is 0 Å². The van der Waals surface area contributed by atoms with Crippen molar-refractivity contribution >= 4 is 23.1 Å². The van der Waals surface area contributed by atoms with E-state index in [4.69, 9.17) is 18.9 Å². The van der Waals surface area contributed by atoms with Crippen LogP contribution in [0.25, 0.3) is 27.8 Å². The molecule has 0 aliphatic heterocycles. The van der Waals surface area contributed by atoms with Gasteiger partial charge in [-0.25, -0.2) is 4.98 Å². The van der Waals surface area contributed by atoms with Gasteiger partial charge in [0.05, 0.1) is 31.2 Å². The van der Waals surface area contributed by atoms with Gasteiger partial charge in [0.15, 0.2) is 21.7 Å². The quantitative estimate of drug-likeness (QED) is 0.237. The standard InChI is InChI=1S/C25H22N4O3S2/c1-16-8-13-22(32-16)24-26-17(14-33-24)15-34-25-28-27-23(20-6-4-5-7-21(20)31-3)29(25)18-9-11-19(30-2)12-10-18/h4-14H,15H2,1-3H3. The first-order chi connectivity index (χ1) is 16.7. The first kappa shape index (κ1) is 22.2. The molecule has 0 fully saturated rings. The number of methoxy groups -OCH3 is 2. The summed E-state index contributed by atoms with van der Waals surface area (Å²) in [6.45, 7) is 1.93. The number of thioether (sulfide) groups is 1. The van der Waals surface area contributed by atoms with Gasteiger partial charge in [-0.05, 0) is 55.5 Å². The number of aryl methyl sites for hydroxylation is 1. The second kappa shape index (κ2) is 9.74. The highest BCUT2D eigenvalue weighted by Crippen LogP contribution is 2.35. The van der Waals surface area contributed by atoms with Gasteiger partial charge in [-0.2, -0.15) is 0 Å². The zero-order valence-corrected chi connectivity index (χ0v) is 20.5. The first-order valence-corrected chi connectivity index (χ1v) is 12.4. The molecule has 3 aromatic heterocycles. The normalized spacial score (nSPS) is 11.0. The number of ether oxygens (including phenoxy) is 2. The fraction of sp³-hybridized carbons (Fsp3) is 0.160. The molecule has 5 rings (SSSR count). The van der Waals surface area contributed by atoms with Gasteiger partial charge in [0.1, 0.15) is 17.3 Å². The predicted octanol–water partition coefficient (Wildman–Crippen LogP) is 6.27. The van der Waals surface area contributed by atoms with E-state index in [-0.39, 0.29) is 0 Å². The van der Waals surface area contributed by atoms with Gasteiger partial charge >= 0.3 is 0 Å². The lowest BCUT2D eigenvalue weighted by Gasteiger charge is -2.12. The number of hydrogen-bond acceptors (Lipinski definition) is 8. The molecule has 0 amide bonds. The Hall–Kier alpha value is -3.56. The molecule has 0 saturated carbocycles. The number of rotatable bonds is 8. The third-order valence-corrected chi connectivity index (χ3v) is 7.03. The van der Waals surface area contributed by atoms with Gasteiger partial charge < -0.3 is 13.9 Å². The van der Waals surface area contributed by atoms with Crippen molar-refractivity contribution < 1.29 is 13.9 Å². The van der Waals surface area contributed by atoms with Crippen LogP contribution >= 0.6 is 23.1 Å². The van der Waals surface area contributed by atoms with Crippen molar-refractivity contribution in [1.82, 2.24) is 19.7 Å². The molecule has 9 heteroatoms. The Morgan fingerprint density at radius 1 is 0.971 bits per heavy atom. The number of aromatic nitrogens is 4. The van der Waals surface area contributed by atoms with Crippen molar-refractivity contribution in [2.75, 3.05) is 14.2 Å². The monoisotopic (exact) mass is 490 g/mol. The van der Waals surface area contributed by atoms with Crippen LogP contribution < -0.4 is 9.47 Å². The Labute approximate surface area is 205 Å². The van der Waals surface area contributed by atoms with Crippen LogP contribution in [-0.4, -0.2) is 34.0 Å². The molecular weight excluding hydrogens is 468 g/mol. The second-order valence-electron chi connectivity index (χ2n) is 7.38. The highest BCUT2D eigenvalue weighted by molar-refractivity contribution is 7.98. The zero-order valence-electron chi connectivity index (χ0n) is 18.9. The number of para-hydroxylation sites is 1. The molecule has 2 aromatic carbocycles. The van der Waals surface area contributed by atoms with Crippen molar-refractivity contribution in [2.24, 2.45) is 0 Å². The van der Waals surface area contributed by atoms with Gasteiger partial charge in [-0.1, -0.05) is 23.9 Å². The summed E-state index contributed by atoms with van der Waals surface area (Å²) in [6.07, 6.45) is 0. The fourth-order valence-electron chi connectivity index (χ4n) is 3.51. The lowest BCUT2D eigenvalue weighted by Crippen LogP contribution is -2.01. The third kappa shape index (κ3) is 4.44. The predicted molar refractivity (Wildman–Crippen MR) is 134 cm³/mol. The van der Waals surface area contributed by atoms with Crippen LogP contribution in [0.4, 0.5) is 0 Å². The Bertz CT molecular complexity index is 1410. The van der Waals surface area contributed by atoms with E-state index in [2.05, 4.69) is 15.6 Å². The lowest BCUT2D eigenvalue weighted by atomic mass is 10.2. The molecule has 34 heavy (non-hydrogen) atoms. The summed E-state index contributed by atoms with van der Waals surface area (Å²) in [5.74, 6) is 4.54. The summed E-state index contributed by atoms with van der Waals surface area (Å²) in [5.41, 5.74) is 2.76. The van der Waals surface area contributed by atoms with E-state index in [1.165, 1.54) is 0 Å². The van der Waals surface area contributed by atoms with Crippen molar-refractivity contribution in [1.29, 1.82) is 0 Å². The molecule has 5 aromatic rings. The Morgan fingerprint density at radius 2 is 1.79 bits per heavy atom. The van der Waals surface area contributed by atoms with E-state index >= 15 is 0 Å². The summed E-state index contributed by atoms with van der Waals surface area (Å²) in [7, 11) is 3.31. The molecule has 0 spiro atoms. The minimum Gasteiger partial charge on any atom is -0.497 e. The van der Waals surface area contributed by atoms with Gasteiger partial charge in [0.2, 0.25) is 0 Å². The molecule has 0 bridgehead atoms. The summed E-state index contributed by atoms with van der Waals surface area (Å²) in [6, 6.07) is 19.5.